The highest BCUT2D eigenvalue weighted by Crippen LogP contribution is 2.36. The molecule has 170 valence electrons. The fourth-order valence-corrected chi connectivity index (χ4v) is 5.08. The number of nitrogens with two attached hydrogens (primary N) is 1. The highest BCUT2D eigenvalue weighted by atomic mass is 16.5. The van der Waals surface area contributed by atoms with E-state index in [2.05, 4.69) is 83.4 Å². The number of rotatable bonds is 5. The second-order valence-corrected chi connectivity index (χ2v) is 8.75. The Bertz CT molecular complexity index is 1720. The lowest BCUT2D eigenvalue weighted by Gasteiger charge is -2.12. The molecule has 1 heterocycles. The molecule has 5 aromatic carbocycles. The number of carbonyl (C=O) groups excluding carboxylic acids is 1. The highest BCUT2D eigenvalue weighted by molar-refractivity contribution is 6.18. The summed E-state index contributed by atoms with van der Waals surface area (Å²) >= 11 is 0. The Balaban J connectivity index is 1.62. The van der Waals surface area contributed by atoms with Crippen molar-refractivity contribution in [2.75, 3.05) is 7.11 Å². The topological polar surface area (TPSA) is 57.2 Å². The minimum atomic E-state index is -0.418. The fourth-order valence-electron chi connectivity index (χ4n) is 5.08. The average Bonchev–Trinajstić information content (AvgIpc) is 3.21. The molecule has 1 aromatic heterocycles. The molecule has 0 bridgehead atoms. The lowest BCUT2D eigenvalue weighted by molar-refractivity contribution is 0.100. The molecule has 6 aromatic rings. The van der Waals surface area contributed by atoms with Crippen LogP contribution < -0.4 is 10.5 Å². The average molecular weight is 457 g/mol. The second-order valence-electron chi connectivity index (χ2n) is 8.75. The number of primary amides is 1. The summed E-state index contributed by atoms with van der Waals surface area (Å²) in [6.07, 6.45) is 0. The third kappa shape index (κ3) is 3.51. The van der Waals surface area contributed by atoms with E-state index in [-0.39, 0.29) is 0 Å². The molecule has 0 saturated carbocycles. The molecule has 1 amide bonds. The maximum atomic E-state index is 12.4. The van der Waals surface area contributed by atoms with Crippen LogP contribution in [0.25, 0.3) is 43.7 Å². The van der Waals surface area contributed by atoms with Gasteiger partial charge >= 0.3 is 0 Å². The molecule has 6 rings (SSSR count). The number of fused-ring (bicyclic) bond motifs is 4. The molecule has 2 N–H and O–H groups in total. The zero-order valence-corrected chi connectivity index (χ0v) is 19.4. The van der Waals surface area contributed by atoms with Gasteiger partial charge < -0.3 is 15.0 Å². The number of aromatic nitrogens is 1. The first-order valence-corrected chi connectivity index (χ1v) is 11.6. The van der Waals surface area contributed by atoms with Crippen LogP contribution in [0.5, 0.6) is 5.75 Å². The third-order valence-electron chi connectivity index (χ3n) is 6.79. The monoisotopic (exact) mass is 456 g/mol. The van der Waals surface area contributed by atoms with Crippen molar-refractivity contribution in [3.8, 4) is 16.9 Å². The number of hydrogen-bond acceptors (Lipinski definition) is 2. The number of amides is 1. The molecule has 4 nitrogen and oxygen atoms in total. The Labute approximate surface area is 203 Å². The third-order valence-corrected chi connectivity index (χ3v) is 6.79. The molecule has 0 aliphatic rings. The predicted octanol–water partition coefficient (Wildman–Crippen LogP) is 6.77. The first-order valence-electron chi connectivity index (χ1n) is 11.6. The van der Waals surface area contributed by atoms with Crippen LogP contribution in [-0.4, -0.2) is 17.6 Å². The summed E-state index contributed by atoms with van der Waals surface area (Å²) in [5, 5.41) is 4.35. The molecule has 0 unspecified atom stereocenters. The van der Waals surface area contributed by atoms with Crippen LogP contribution in [-0.2, 0) is 6.54 Å². The van der Waals surface area contributed by atoms with Gasteiger partial charge in [0.15, 0.2) is 0 Å². The van der Waals surface area contributed by atoms with Crippen molar-refractivity contribution in [2.24, 2.45) is 5.73 Å². The van der Waals surface area contributed by atoms with Crippen LogP contribution in [0.4, 0.5) is 0 Å². The van der Waals surface area contributed by atoms with E-state index in [0.717, 1.165) is 38.7 Å². The van der Waals surface area contributed by atoms with E-state index in [9.17, 15) is 4.79 Å². The summed E-state index contributed by atoms with van der Waals surface area (Å²) in [5.74, 6) is 0.407. The van der Waals surface area contributed by atoms with E-state index >= 15 is 0 Å². The number of ether oxygens (including phenoxy) is 1. The van der Waals surface area contributed by atoms with Gasteiger partial charge in [-0.1, -0.05) is 72.8 Å². The normalized spacial score (nSPS) is 11.3. The zero-order chi connectivity index (χ0) is 23.9. The number of methoxy groups -OCH3 is 1. The first kappa shape index (κ1) is 21.0. The van der Waals surface area contributed by atoms with Crippen molar-refractivity contribution in [3.05, 3.63) is 114 Å². The molecule has 4 heteroatoms. The van der Waals surface area contributed by atoms with E-state index in [0.29, 0.717) is 12.1 Å². The van der Waals surface area contributed by atoms with Crippen LogP contribution in [0.3, 0.4) is 0 Å². The molecule has 0 radical (unpaired) electrons. The largest absolute Gasteiger partial charge is 0.497 e. The van der Waals surface area contributed by atoms with Crippen LogP contribution in [0.1, 0.15) is 15.9 Å². The van der Waals surface area contributed by atoms with E-state index < -0.39 is 5.91 Å². The van der Waals surface area contributed by atoms with Crippen molar-refractivity contribution in [1.29, 1.82) is 0 Å². The summed E-state index contributed by atoms with van der Waals surface area (Å²) in [6, 6.07) is 35.1. The Kier molecular flexibility index (Phi) is 5.00. The summed E-state index contributed by atoms with van der Waals surface area (Å²) in [7, 11) is 1.67. The summed E-state index contributed by atoms with van der Waals surface area (Å²) in [5.41, 5.74) is 11.8. The van der Waals surface area contributed by atoms with Crippen molar-refractivity contribution < 1.29 is 9.53 Å². The standard InChI is InChI=1S/C31H24N2O2/c1-35-24-15-12-20(13-16-24)22-14-17-26-29(18-22)33(28-11-5-10-27(30(26)28)31(32)34)19-23-8-4-7-21-6-2-3-9-25(21)23/h2-18H,19H2,1H3,(H2,32,34). The van der Waals surface area contributed by atoms with Crippen LogP contribution in [0.15, 0.2) is 103 Å². The van der Waals surface area contributed by atoms with Gasteiger partial charge in [-0.05, 0) is 57.8 Å². The Morgan fingerprint density at radius 3 is 2.31 bits per heavy atom. The molecule has 0 fully saturated rings. The SMILES string of the molecule is COc1ccc(-c2ccc3c4c(C(N)=O)cccc4n(Cc4cccc5ccccc45)c3c2)cc1. The molecular weight excluding hydrogens is 432 g/mol. The van der Waals surface area contributed by atoms with Gasteiger partial charge in [0.1, 0.15) is 5.75 Å². The van der Waals surface area contributed by atoms with Crippen molar-refractivity contribution >= 4 is 38.5 Å². The lowest BCUT2D eigenvalue weighted by Crippen LogP contribution is -2.11. The van der Waals surface area contributed by atoms with Gasteiger partial charge in [0, 0.05) is 22.9 Å². The van der Waals surface area contributed by atoms with E-state index in [1.807, 2.05) is 24.3 Å². The predicted molar refractivity (Wildman–Crippen MR) is 143 cm³/mol. The lowest BCUT2D eigenvalue weighted by atomic mass is 10.0. The second kappa shape index (κ2) is 8.33. The minimum Gasteiger partial charge on any atom is -0.497 e. The quantitative estimate of drug-likeness (QED) is 0.311. The maximum absolute atomic E-state index is 12.4. The van der Waals surface area contributed by atoms with Crippen LogP contribution in [0.2, 0.25) is 0 Å². The van der Waals surface area contributed by atoms with Crippen molar-refractivity contribution in [2.45, 2.75) is 6.54 Å². The molecular formula is C31H24N2O2. The number of carbonyl (C=O) groups is 1. The summed E-state index contributed by atoms with van der Waals surface area (Å²) in [4.78, 5) is 12.4. The Morgan fingerprint density at radius 2 is 1.51 bits per heavy atom. The van der Waals surface area contributed by atoms with Gasteiger partial charge in [-0.15, -0.1) is 0 Å². The van der Waals surface area contributed by atoms with Gasteiger partial charge in [-0.25, -0.2) is 0 Å². The minimum absolute atomic E-state index is 0.418. The summed E-state index contributed by atoms with van der Waals surface area (Å²) < 4.78 is 7.62. The zero-order valence-electron chi connectivity index (χ0n) is 19.4. The number of benzene rings is 5. The van der Waals surface area contributed by atoms with Gasteiger partial charge in [0.25, 0.3) is 0 Å². The molecule has 0 atom stereocenters. The molecule has 0 aliphatic heterocycles. The molecule has 0 saturated heterocycles. The maximum Gasteiger partial charge on any atom is 0.249 e. The summed E-state index contributed by atoms with van der Waals surface area (Å²) in [6.45, 7) is 0.676. The van der Waals surface area contributed by atoms with Gasteiger partial charge in [-0.3, -0.25) is 4.79 Å². The fraction of sp³-hybridized carbons (Fsp3) is 0.0645. The van der Waals surface area contributed by atoms with Gasteiger partial charge in [0.2, 0.25) is 5.91 Å². The van der Waals surface area contributed by atoms with E-state index in [1.54, 1.807) is 7.11 Å². The van der Waals surface area contributed by atoms with E-state index in [1.165, 1.54) is 16.3 Å². The van der Waals surface area contributed by atoms with Crippen molar-refractivity contribution in [3.63, 3.8) is 0 Å². The molecule has 0 aliphatic carbocycles. The highest BCUT2D eigenvalue weighted by Gasteiger charge is 2.18. The smallest absolute Gasteiger partial charge is 0.249 e. The Hall–Kier alpha value is -4.57. The van der Waals surface area contributed by atoms with Crippen LogP contribution >= 0.6 is 0 Å². The Morgan fingerprint density at radius 1 is 0.771 bits per heavy atom. The van der Waals surface area contributed by atoms with E-state index in [4.69, 9.17) is 10.5 Å². The molecule has 35 heavy (non-hydrogen) atoms. The van der Waals surface area contributed by atoms with Gasteiger partial charge in [0.05, 0.1) is 18.1 Å². The first-order chi connectivity index (χ1) is 17.1. The van der Waals surface area contributed by atoms with Gasteiger partial charge in [-0.2, -0.15) is 0 Å². The van der Waals surface area contributed by atoms with Crippen molar-refractivity contribution in [1.82, 2.24) is 4.57 Å². The molecule has 0 spiro atoms. The van der Waals surface area contributed by atoms with Crippen LogP contribution in [0, 0.1) is 0 Å². The number of nitrogens with zero attached hydrogens (tertiary/aromatic N) is 1. The number of hydrogen-bond donors (Lipinski definition) is 1.